The van der Waals surface area contributed by atoms with Crippen molar-refractivity contribution in [3.63, 3.8) is 0 Å². The lowest BCUT2D eigenvalue weighted by atomic mass is 10.0. The summed E-state index contributed by atoms with van der Waals surface area (Å²) in [5, 5.41) is 0. The standard InChI is InChI=1S/C16H25NO/c1-5-12(2)11-15-17(4)13(3)16(18-15)14-9-7-6-8-10-14/h6-10,12-13,15-16H,5,11H2,1-4H3/t12-,13-,15-,16-/m0/s1. The van der Waals surface area contributed by atoms with E-state index in [-0.39, 0.29) is 12.3 Å². The molecule has 0 spiro atoms. The van der Waals surface area contributed by atoms with Crippen molar-refractivity contribution in [3.8, 4) is 0 Å². The molecular weight excluding hydrogens is 222 g/mol. The summed E-state index contributed by atoms with van der Waals surface area (Å²) in [6.07, 6.45) is 2.82. The second kappa shape index (κ2) is 5.85. The fourth-order valence-electron chi connectivity index (χ4n) is 2.59. The molecule has 0 bridgehead atoms. The van der Waals surface area contributed by atoms with Gasteiger partial charge < -0.3 is 4.74 Å². The summed E-state index contributed by atoms with van der Waals surface area (Å²) in [6, 6.07) is 11.0. The fourth-order valence-corrected chi connectivity index (χ4v) is 2.59. The van der Waals surface area contributed by atoms with E-state index in [0.717, 1.165) is 12.3 Å². The van der Waals surface area contributed by atoms with Gasteiger partial charge in [0, 0.05) is 6.04 Å². The van der Waals surface area contributed by atoms with Gasteiger partial charge in [-0.3, -0.25) is 4.90 Å². The highest BCUT2D eigenvalue weighted by atomic mass is 16.5. The molecule has 1 heterocycles. The zero-order valence-corrected chi connectivity index (χ0v) is 12.0. The Morgan fingerprint density at radius 3 is 2.56 bits per heavy atom. The van der Waals surface area contributed by atoms with Crippen molar-refractivity contribution in [3.05, 3.63) is 35.9 Å². The van der Waals surface area contributed by atoms with E-state index in [4.69, 9.17) is 4.74 Å². The van der Waals surface area contributed by atoms with Gasteiger partial charge in [0.05, 0.1) is 6.10 Å². The molecular formula is C16H25NO. The second-order valence-corrected chi connectivity index (χ2v) is 5.58. The maximum atomic E-state index is 6.27. The lowest BCUT2D eigenvalue weighted by Crippen LogP contribution is -2.32. The first-order valence-electron chi connectivity index (χ1n) is 7.05. The molecule has 1 saturated heterocycles. The number of likely N-dealkylation sites (N-methyl/N-ethyl adjacent to an activating group) is 1. The molecule has 1 aromatic rings. The van der Waals surface area contributed by atoms with Crippen molar-refractivity contribution in [1.29, 1.82) is 0 Å². The van der Waals surface area contributed by atoms with Gasteiger partial charge in [0.25, 0.3) is 0 Å². The van der Waals surface area contributed by atoms with E-state index in [9.17, 15) is 0 Å². The summed E-state index contributed by atoms with van der Waals surface area (Å²) >= 11 is 0. The molecule has 0 aliphatic carbocycles. The molecule has 2 rings (SSSR count). The molecule has 0 aromatic heterocycles. The highest BCUT2D eigenvalue weighted by Gasteiger charge is 2.37. The van der Waals surface area contributed by atoms with E-state index >= 15 is 0 Å². The third-order valence-corrected chi connectivity index (χ3v) is 4.27. The highest BCUT2D eigenvalue weighted by Crippen LogP contribution is 2.36. The summed E-state index contributed by atoms with van der Waals surface area (Å²) in [6.45, 7) is 6.81. The van der Waals surface area contributed by atoms with Crippen molar-refractivity contribution >= 4 is 0 Å². The molecule has 0 radical (unpaired) electrons. The van der Waals surface area contributed by atoms with Crippen LogP contribution in [0.5, 0.6) is 0 Å². The molecule has 100 valence electrons. The van der Waals surface area contributed by atoms with Crippen molar-refractivity contribution in [1.82, 2.24) is 4.90 Å². The predicted molar refractivity (Wildman–Crippen MR) is 75.4 cm³/mol. The zero-order chi connectivity index (χ0) is 13.1. The summed E-state index contributed by atoms with van der Waals surface area (Å²) in [5.41, 5.74) is 1.29. The van der Waals surface area contributed by atoms with Crippen molar-refractivity contribution in [2.45, 2.75) is 52.0 Å². The second-order valence-electron chi connectivity index (χ2n) is 5.58. The first kappa shape index (κ1) is 13.6. The van der Waals surface area contributed by atoms with Crippen molar-refractivity contribution < 1.29 is 4.74 Å². The Morgan fingerprint density at radius 2 is 1.94 bits per heavy atom. The van der Waals surface area contributed by atoms with Crippen LogP contribution in [0.15, 0.2) is 30.3 Å². The van der Waals surface area contributed by atoms with Gasteiger partial charge in [-0.15, -0.1) is 0 Å². The van der Waals surface area contributed by atoms with Crippen LogP contribution >= 0.6 is 0 Å². The van der Waals surface area contributed by atoms with Crippen LogP contribution in [0.25, 0.3) is 0 Å². The van der Waals surface area contributed by atoms with Gasteiger partial charge in [-0.05, 0) is 31.9 Å². The van der Waals surface area contributed by atoms with Crippen LogP contribution in [-0.4, -0.2) is 24.2 Å². The number of hydrogen-bond acceptors (Lipinski definition) is 2. The number of hydrogen-bond donors (Lipinski definition) is 0. The topological polar surface area (TPSA) is 12.5 Å². The largest absolute Gasteiger partial charge is 0.354 e. The average Bonchev–Trinajstić information content (AvgIpc) is 2.68. The van der Waals surface area contributed by atoms with Gasteiger partial charge in [-0.1, -0.05) is 50.6 Å². The van der Waals surface area contributed by atoms with Crippen LogP contribution in [0.4, 0.5) is 0 Å². The Labute approximate surface area is 111 Å². The molecule has 18 heavy (non-hydrogen) atoms. The number of nitrogens with zero attached hydrogens (tertiary/aromatic N) is 1. The van der Waals surface area contributed by atoms with Gasteiger partial charge in [-0.25, -0.2) is 0 Å². The predicted octanol–water partition coefficient (Wildman–Crippen LogP) is 3.84. The van der Waals surface area contributed by atoms with Crippen LogP contribution in [0.3, 0.4) is 0 Å². The molecule has 2 nitrogen and oxygen atoms in total. The van der Waals surface area contributed by atoms with Gasteiger partial charge in [-0.2, -0.15) is 0 Å². The Kier molecular flexibility index (Phi) is 4.41. The van der Waals surface area contributed by atoms with Crippen LogP contribution in [0.1, 0.15) is 45.3 Å². The molecule has 2 heteroatoms. The minimum atomic E-state index is 0.213. The molecule has 1 aromatic carbocycles. The Hall–Kier alpha value is -0.860. The normalized spacial score (nSPS) is 30.6. The van der Waals surface area contributed by atoms with E-state index in [0.29, 0.717) is 6.04 Å². The third-order valence-electron chi connectivity index (χ3n) is 4.27. The van der Waals surface area contributed by atoms with Gasteiger partial charge >= 0.3 is 0 Å². The monoisotopic (exact) mass is 247 g/mol. The van der Waals surface area contributed by atoms with E-state index in [2.05, 4.69) is 63.1 Å². The molecule has 4 atom stereocenters. The average molecular weight is 247 g/mol. The van der Waals surface area contributed by atoms with E-state index in [1.54, 1.807) is 0 Å². The van der Waals surface area contributed by atoms with Crippen LogP contribution in [0.2, 0.25) is 0 Å². The van der Waals surface area contributed by atoms with E-state index in [1.807, 2.05) is 0 Å². The number of ether oxygens (including phenoxy) is 1. The highest BCUT2D eigenvalue weighted by molar-refractivity contribution is 5.20. The molecule has 0 unspecified atom stereocenters. The third kappa shape index (κ3) is 2.76. The Morgan fingerprint density at radius 1 is 1.28 bits per heavy atom. The maximum absolute atomic E-state index is 6.27. The molecule has 0 saturated carbocycles. The Bertz CT molecular complexity index is 365. The summed E-state index contributed by atoms with van der Waals surface area (Å²) in [7, 11) is 2.18. The van der Waals surface area contributed by atoms with Crippen molar-refractivity contribution in [2.75, 3.05) is 7.05 Å². The van der Waals surface area contributed by atoms with Crippen LogP contribution < -0.4 is 0 Å². The number of benzene rings is 1. The summed E-state index contributed by atoms with van der Waals surface area (Å²) in [5.74, 6) is 0.721. The maximum Gasteiger partial charge on any atom is 0.111 e. The van der Waals surface area contributed by atoms with Crippen LogP contribution in [0, 0.1) is 5.92 Å². The summed E-state index contributed by atoms with van der Waals surface area (Å²) < 4.78 is 6.27. The lowest BCUT2D eigenvalue weighted by molar-refractivity contribution is -0.00752. The molecule has 0 amide bonds. The minimum absolute atomic E-state index is 0.213. The number of rotatable bonds is 4. The minimum Gasteiger partial charge on any atom is -0.354 e. The summed E-state index contributed by atoms with van der Waals surface area (Å²) in [4.78, 5) is 2.38. The molecule has 1 aliphatic rings. The molecule has 1 fully saturated rings. The fraction of sp³-hybridized carbons (Fsp3) is 0.625. The van der Waals surface area contributed by atoms with Crippen molar-refractivity contribution in [2.24, 2.45) is 5.92 Å². The molecule has 0 N–H and O–H groups in total. The molecule has 1 aliphatic heterocycles. The Balaban J connectivity index is 2.07. The smallest absolute Gasteiger partial charge is 0.111 e. The lowest BCUT2D eigenvalue weighted by Gasteiger charge is -2.23. The van der Waals surface area contributed by atoms with Gasteiger partial charge in [0.1, 0.15) is 6.23 Å². The van der Waals surface area contributed by atoms with Crippen LogP contribution in [-0.2, 0) is 4.74 Å². The first-order valence-corrected chi connectivity index (χ1v) is 7.05. The quantitative estimate of drug-likeness (QED) is 0.801. The SMILES string of the molecule is CC[C@H](C)C[C@@H]1O[C@H](c2ccccc2)[C@H](C)N1C. The first-order chi connectivity index (χ1) is 8.63. The van der Waals surface area contributed by atoms with E-state index < -0.39 is 0 Å². The zero-order valence-electron chi connectivity index (χ0n) is 12.0. The van der Waals surface area contributed by atoms with E-state index in [1.165, 1.54) is 12.0 Å². The van der Waals surface area contributed by atoms with Gasteiger partial charge in [0.2, 0.25) is 0 Å². The van der Waals surface area contributed by atoms with Gasteiger partial charge in [0.15, 0.2) is 0 Å².